The van der Waals surface area contributed by atoms with Gasteiger partial charge in [0.15, 0.2) is 0 Å². The predicted molar refractivity (Wildman–Crippen MR) is 62.2 cm³/mol. The Balaban J connectivity index is 2.05. The molecule has 1 N–H and O–H groups in total. The lowest BCUT2D eigenvalue weighted by Crippen LogP contribution is -2.49. The van der Waals surface area contributed by atoms with E-state index >= 15 is 0 Å². The first kappa shape index (κ1) is 9.97. The standard InChI is InChI=1S/C13H17NO2/c1-13-5-6-14-8-12(13)16-11-7-9(15-2)3-4-10(11)13/h3-4,7,12,14H,5-6,8H2,1-2H3. The van der Waals surface area contributed by atoms with E-state index in [0.717, 1.165) is 31.0 Å². The molecule has 3 nitrogen and oxygen atoms in total. The number of hydrogen-bond donors (Lipinski definition) is 1. The first-order valence-corrected chi connectivity index (χ1v) is 5.80. The lowest BCUT2D eigenvalue weighted by atomic mass is 9.74. The minimum absolute atomic E-state index is 0.173. The Hall–Kier alpha value is -1.22. The summed E-state index contributed by atoms with van der Waals surface area (Å²) in [6, 6.07) is 6.18. The van der Waals surface area contributed by atoms with Crippen molar-refractivity contribution in [1.82, 2.24) is 5.32 Å². The molecule has 2 heterocycles. The minimum atomic E-state index is 0.173. The molecule has 1 aromatic rings. The molecule has 2 aliphatic heterocycles. The maximum absolute atomic E-state index is 6.01. The van der Waals surface area contributed by atoms with E-state index in [2.05, 4.69) is 18.3 Å². The number of benzene rings is 1. The highest BCUT2D eigenvalue weighted by molar-refractivity contribution is 5.49. The van der Waals surface area contributed by atoms with Crippen molar-refractivity contribution in [3.8, 4) is 11.5 Å². The second-order valence-corrected chi connectivity index (χ2v) is 4.84. The predicted octanol–water partition coefficient (Wildman–Crippen LogP) is 1.71. The molecule has 0 radical (unpaired) electrons. The quantitative estimate of drug-likeness (QED) is 0.780. The zero-order valence-electron chi connectivity index (χ0n) is 9.75. The molecule has 2 unspecified atom stereocenters. The molecule has 2 aliphatic rings. The van der Waals surface area contributed by atoms with Crippen LogP contribution in [0.1, 0.15) is 18.9 Å². The summed E-state index contributed by atoms with van der Waals surface area (Å²) in [5, 5.41) is 3.39. The van der Waals surface area contributed by atoms with Gasteiger partial charge in [-0.2, -0.15) is 0 Å². The van der Waals surface area contributed by atoms with Crippen molar-refractivity contribution in [3.05, 3.63) is 23.8 Å². The van der Waals surface area contributed by atoms with Gasteiger partial charge < -0.3 is 14.8 Å². The summed E-state index contributed by atoms with van der Waals surface area (Å²) in [5.41, 5.74) is 1.51. The lowest BCUT2D eigenvalue weighted by molar-refractivity contribution is 0.123. The number of piperidine rings is 1. The third-order valence-electron chi connectivity index (χ3n) is 3.93. The van der Waals surface area contributed by atoms with Crippen LogP contribution in [0, 0.1) is 0 Å². The third-order valence-corrected chi connectivity index (χ3v) is 3.93. The molecule has 0 saturated carbocycles. The number of nitrogens with one attached hydrogen (secondary N) is 1. The van der Waals surface area contributed by atoms with Gasteiger partial charge in [-0.1, -0.05) is 13.0 Å². The maximum Gasteiger partial charge on any atom is 0.127 e. The van der Waals surface area contributed by atoms with Crippen molar-refractivity contribution in [2.24, 2.45) is 0 Å². The summed E-state index contributed by atoms with van der Waals surface area (Å²) in [5.74, 6) is 1.87. The van der Waals surface area contributed by atoms with Crippen LogP contribution in [0.5, 0.6) is 11.5 Å². The van der Waals surface area contributed by atoms with Gasteiger partial charge in [-0.25, -0.2) is 0 Å². The summed E-state index contributed by atoms with van der Waals surface area (Å²) >= 11 is 0. The number of rotatable bonds is 1. The Labute approximate surface area is 95.8 Å². The molecule has 0 aliphatic carbocycles. The fraction of sp³-hybridized carbons (Fsp3) is 0.538. The third kappa shape index (κ3) is 1.24. The van der Waals surface area contributed by atoms with Crippen LogP contribution in [0.2, 0.25) is 0 Å². The van der Waals surface area contributed by atoms with Crippen molar-refractivity contribution < 1.29 is 9.47 Å². The Morgan fingerprint density at radius 1 is 1.50 bits per heavy atom. The minimum Gasteiger partial charge on any atom is -0.497 e. The lowest BCUT2D eigenvalue weighted by Gasteiger charge is -2.35. The van der Waals surface area contributed by atoms with Gasteiger partial charge in [0.25, 0.3) is 0 Å². The van der Waals surface area contributed by atoms with Crippen LogP contribution in [0.4, 0.5) is 0 Å². The highest BCUT2D eigenvalue weighted by Gasteiger charge is 2.46. The van der Waals surface area contributed by atoms with Crippen LogP contribution in [0.25, 0.3) is 0 Å². The highest BCUT2D eigenvalue weighted by atomic mass is 16.5. The van der Waals surface area contributed by atoms with Gasteiger partial charge in [0, 0.05) is 23.6 Å². The van der Waals surface area contributed by atoms with Gasteiger partial charge in [0.05, 0.1) is 7.11 Å². The monoisotopic (exact) mass is 219 g/mol. The fourth-order valence-electron chi connectivity index (χ4n) is 2.80. The normalized spacial score (nSPS) is 31.5. The zero-order valence-corrected chi connectivity index (χ0v) is 9.75. The molecule has 0 amide bonds. The van der Waals surface area contributed by atoms with Crippen LogP contribution >= 0.6 is 0 Å². The van der Waals surface area contributed by atoms with E-state index < -0.39 is 0 Å². The molecule has 16 heavy (non-hydrogen) atoms. The Morgan fingerprint density at radius 2 is 2.38 bits per heavy atom. The van der Waals surface area contributed by atoms with Crippen molar-refractivity contribution in [3.63, 3.8) is 0 Å². The van der Waals surface area contributed by atoms with E-state index in [-0.39, 0.29) is 11.5 Å². The number of fused-ring (bicyclic) bond motifs is 3. The molecular weight excluding hydrogens is 202 g/mol. The summed E-state index contributed by atoms with van der Waals surface area (Å²) in [6.45, 7) is 4.31. The molecule has 3 rings (SSSR count). The summed E-state index contributed by atoms with van der Waals surface area (Å²) in [4.78, 5) is 0. The van der Waals surface area contributed by atoms with E-state index in [1.54, 1.807) is 7.11 Å². The van der Waals surface area contributed by atoms with Gasteiger partial charge >= 0.3 is 0 Å². The first-order valence-electron chi connectivity index (χ1n) is 5.80. The number of hydrogen-bond acceptors (Lipinski definition) is 3. The first-order chi connectivity index (χ1) is 7.74. The topological polar surface area (TPSA) is 30.5 Å². The van der Waals surface area contributed by atoms with Crippen molar-refractivity contribution in [2.75, 3.05) is 20.2 Å². The largest absolute Gasteiger partial charge is 0.497 e. The van der Waals surface area contributed by atoms with E-state index in [4.69, 9.17) is 9.47 Å². The summed E-state index contributed by atoms with van der Waals surface area (Å²) in [6.07, 6.45) is 1.40. The van der Waals surface area contributed by atoms with Gasteiger partial charge in [-0.05, 0) is 19.0 Å². The van der Waals surface area contributed by atoms with Crippen LogP contribution in [0.15, 0.2) is 18.2 Å². The second-order valence-electron chi connectivity index (χ2n) is 4.84. The maximum atomic E-state index is 6.01. The molecule has 0 bridgehead atoms. The van der Waals surface area contributed by atoms with Crippen molar-refractivity contribution in [1.29, 1.82) is 0 Å². The number of methoxy groups -OCH3 is 1. The molecule has 86 valence electrons. The van der Waals surface area contributed by atoms with Crippen LogP contribution in [0.3, 0.4) is 0 Å². The molecule has 1 aromatic carbocycles. The van der Waals surface area contributed by atoms with E-state index in [1.807, 2.05) is 12.1 Å². The molecular formula is C13H17NO2. The number of ether oxygens (including phenoxy) is 2. The van der Waals surface area contributed by atoms with E-state index in [0.29, 0.717) is 0 Å². The van der Waals surface area contributed by atoms with Gasteiger partial charge in [-0.3, -0.25) is 0 Å². The second kappa shape index (κ2) is 3.39. The zero-order chi connectivity index (χ0) is 11.2. The van der Waals surface area contributed by atoms with Gasteiger partial charge in [0.2, 0.25) is 0 Å². The fourth-order valence-corrected chi connectivity index (χ4v) is 2.80. The van der Waals surface area contributed by atoms with Crippen LogP contribution in [-0.4, -0.2) is 26.3 Å². The molecule has 0 aromatic heterocycles. The highest BCUT2D eigenvalue weighted by Crippen LogP contribution is 2.47. The van der Waals surface area contributed by atoms with Crippen molar-refractivity contribution in [2.45, 2.75) is 24.9 Å². The average molecular weight is 219 g/mol. The van der Waals surface area contributed by atoms with Crippen LogP contribution < -0.4 is 14.8 Å². The van der Waals surface area contributed by atoms with Gasteiger partial charge in [0.1, 0.15) is 17.6 Å². The molecule has 1 saturated heterocycles. The van der Waals surface area contributed by atoms with E-state index in [9.17, 15) is 0 Å². The molecule has 1 fully saturated rings. The summed E-state index contributed by atoms with van der Waals surface area (Å²) in [7, 11) is 1.69. The SMILES string of the molecule is COc1ccc2c(c1)OC1CNCCC21C. The van der Waals surface area contributed by atoms with E-state index in [1.165, 1.54) is 5.56 Å². The molecule has 3 heteroatoms. The Bertz CT molecular complexity index is 418. The summed E-state index contributed by atoms with van der Waals surface area (Å²) < 4.78 is 11.2. The average Bonchev–Trinajstić information content (AvgIpc) is 2.61. The van der Waals surface area contributed by atoms with Gasteiger partial charge in [-0.15, -0.1) is 0 Å². The smallest absolute Gasteiger partial charge is 0.127 e. The Morgan fingerprint density at radius 3 is 3.19 bits per heavy atom. The van der Waals surface area contributed by atoms with Crippen molar-refractivity contribution >= 4 is 0 Å². The molecule has 0 spiro atoms. The van der Waals surface area contributed by atoms with Crippen LogP contribution in [-0.2, 0) is 5.41 Å². The Kier molecular flexibility index (Phi) is 2.11. The molecule has 2 atom stereocenters.